The molecule has 1 aliphatic carbocycles. The van der Waals surface area contributed by atoms with Crippen molar-refractivity contribution in [1.82, 2.24) is 5.43 Å². The molecule has 0 bridgehead atoms. The van der Waals surface area contributed by atoms with Gasteiger partial charge < -0.3 is 16.5 Å². The highest BCUT2D eigenvalue weighted by atomic mass is 16.1. The summed E-state index contributed by atoms with van der Waals surface area (Å²) in [7, 11) is 0. The lowest BCUT2D eigenvalue weighted by Crippen LogP contribution is -2.23. The van der Waals surface area contributed by atoms with E-state index < -0.39 is 0 Å². The molecule has 1 aromatic rings. The van der Waals surface area contributed by atoms with Gasteiger partial charge in [0, 0.05) is 12.1 Å². The minimum absolute atomic E-state index is 0.0253. The van der Waals surface area contributed by atoms with Crippen LogP contribution in [0.25, 0.3) is 5.70 Å². The van der Waals surface area contributed by atoms with Crippen LogP contribution in [0, 0.1) is 0 Å². The Hall–Kier alpha value is -1.85. The average molecular weight is 304 g/mol. The molecule has 1 aliphatic rings. The Morgan fingerprint density at radius 3 is 2.14 bits per heavy atom. The van der Waals surface area contributed by atoms with E-state index in [0.29, 0.717) is 6.42 Å². The van der Waals surface area contributed by atoms with Crippen molar-refractivity contribution in [3.63, 3.8) is 0 Å². The maximum absolute atomic E-state index is 11.3. The number of hydrogen-bond acceptors (Lipinski definition) is 4. The third-order valence-corrected chi connectivity index (χ3v) is 3.52. The maximum atomic E-state index is 11.3. The second-order valence-corrected chi connectivity index (χ2v) is 5.24. The normalized spacial score (nSPS) is 12.6. The standard InChI is InChI=1S/C14H19N3O.C3H9N/c1-2-13(18)16-12-8-6-11(7-9-12)14(17-15)10-4-3-5-10;1-2-3-4/h6-9,17H,2-5,15H2,1H3,(H,16,18);2-4H2,1H3. The van der Waals surface area contributed by atoms with Crippen LogP contribution in [0.1, 0.15) is 51.5 Å². The molecular weight excluding hydrogens is 276 g/mol. The van der Waals surface area contributed by atoms with Gasteiger partial charge in [-0.1, -0.05) is 26.0 Å². The fraction of sp³-hybridized carbons (Fsp3) is 0.471. The number of benzene rings is 1. The topological polar surface area (TPSA) is 93.2 Å². The largest absolute Gasteiger partial charge is 0.330 e. The molecule has 0 unspecified atom stereocenters. The molecule has 0 heterocycles. The van der Waals surface area contributed by atoms with E-state index >= 15 is 0 Å². The van der Waals surface area contributed by atoms with Gasteiger partial charge in [0.1, 0.15) is 0 Å². The molecule has 122 valence electrons. The lowest BCUT2D eigenvalue weighted by molar-refractivity contribution is -0.115. The zero-order valence-corrected chi connectivity index (χ0v) is 13.6. The van der Waals surface area contributed by atoms with Gasteiger partial charge in [0.15, 0.2) is 0 Å². The SMILES string of the molecule is CCC(=O)Nc1ccc(C(NN)=C2CCC2)cc1.CCCN. The quantitative estimate of drug-likeness (QED) is 0.497. The van der Waals surface area contributed by atoms with E-state index in [4.69, 9.17) is 11.6 Å². The fourth-order valence-electron chi connectivity index (χ4n) is 1.96. The highest BCUT2D eigenvalue weighted by Gasteiger charge is 2.15. The lowest BCUT2D eigenvalue weighted by Gasteiger charge is -2.22. The summed E-state index contributed by atoms with van der Waals surface area (Å²) in [6.45, 7) is 4.71. The molecule has 5 heteroatoms. The van der Waals surface area contributed by atoms with Crippen LogP contribution in [0.5, 0.6) is 0 Å². The summed E-state index contributed by atoms with van der Waals surface area (Å²) in [5.41, 5.74) is 12.1. The van der Waals surface area contributed by atoms with Crippen LogP contribution in [0.15, 0.2) is 29.8 Å². The van der Waals surface area contributed by atoms with Crippen LogP contribution in [0.3, 0.4) is 0 Å². The number of nitrogens with two attached hydrogens (primary N) is 2. The van der Waals surface area contributed by atoms with Crippen molar-refractivity contribution in [3.8, 4) is 0 Å². The molecule has 0 aromatic heterocycles. The fourth-order valence-corrected chi connectivity index (χ4v) is 1.96. The summed E-state index contributed by atoms with van der Waals surface area (Å²) in [4.78, 5) is 11.3. The predicted molar refractivity (Wildman–Crippen MR) is 92.8 cm³/mol. The summed E-state index contributed by atoms with van der Waals surface area (Å²) in [6.07, 6.45) is 5.06. The molecule has 0 atom stereocenters. The molecule has 0 aliphatic heterocycles. The number of carbonyl (C=O) groups excluding carboxylic acids is 1. The van der Waals surface area contributed by atoms with Gasteiger partial charge in [-0.25, -0.2) is 0 Å². The van der Waals surface area contributed by atoms with Crippen molar-refractivity contribution in [2.75, 3.05) is 11.9 Å². The van der Waals surface area contributed by atoms with E-state index in [1.165, 1.54) is 12.0 Å². The van der Waals surface area contributed by atoms with Crippen LogP contribution in [0.4, 0.5) is 5.69 Å². The Kier molecular flexibility index (Phi) is 8.25. The zero-order valence-electron chi connectivity index (χ0n) is 13.6. The van der Waals surface area contributed by atoms with Gasteiger partial charge >= 0.3 is 0 Å². The van der Waals surface area contributed by atoms with E-state index in [1.54, 1.807) is 0 Å². The molecule has 0 radical (unpaired) electrons. The predicted octanol–water partition coefficient (Wildman–Crippen LogP) is 2.75. The van der Waals surface area contributed by atoms with Gasteiger partial charge in [-0.15, -0.1) is 0 Å². The number of hydrogen-bond donors (Lipinski definition) is 4. The molecule has 5 nitrogen and oxygen atoms in total. The van der Waals surface area contributed by atoms with E-state index in [1.807, 2.05) is 31.2 Å². The molecular formula is C17H28N4O. The molecule has 0 spiro atoms. The van der Waals surface area contributed by atoms with Crippen molar-refractivity contribution in [2.45, 2.75) is 46.0 Å². The molecule has 1 saturated carbocycles. The molecule has 22 heavy (non-hydrogen) atoms. The molecule has 6 N–H and O–H groups in total. The Morgan fingerprint density at radius 1 is 1.18 bits per heavy atom. The second kappa shape index (κ2) is 9.97. The number of hydrazine groups is 1. The van der Waals surface area contributed by atoms with Crippen molar-refractivity contribution in [2.24, 2.45) is 11.6 Å². The number of allylic oxidation sites excluding steroid dienone is 1. The van der Waals surface area contributed by atoms with Crippen molar-refractivity contribution in [1.29, 1.82) is 0 Å². The maximum Gasteiger partial charge on any atom is 0.224 e. The Morgan fingerprint density at radius 2 is 1.77 bits per heavy atom. The van der Waals surface area contributed by atoms with Gasteiger partial charge in [0.2, 0.25) is 5.91 Å². The summed E-state index contributed by atoms with van der Waals surface area (Å²) in [5, 5.41) is 2.83. The summed E-state index contributed by atoms with van der Waals surface area (Å²) in [6, 6.07) is 7.76. The smallest absolute Gasteiger partial charge is 0.224 e. The molecule has 1 fully saturated rings. The van der Waals surface area contributed by atoms with Gasteiger partial charge in [0.05, 0.1) is 5.70 Å². The number of amides is 1. The Bertz CT molecular complexity index is 486. The van der Waals surface area contributed by atoms with Crippen LogP contribution in [-0.2, 0) is 4.79 Å². The van der Waals surface area contributed by atoms with Crippen molar-refractivity contribution < 1.29 is 4.79 Å². The first-order chi connectivity index (χ1) is 10.7. The summed E-state index contributed by atoms with van der Waals surface area (Å²) < 4.78 is 0. The van der Waals surface area contributed by atoms with Crippen LogP contribution in [-0.4, -0.2) is 12.5 Å². The zero-order chi connectivity index (χ0) is 16.4. The third-order valence-electron chi connectivity index (χ3n) is 3.52. The minimum atomic E-state index is 0.0253. The van der Waals surface area contributed by atoms with E-state index in [-0.39, 0.29) is 5.91 Å². The van der Waals surface area contributed by atoms with Gasteiger partial charge in [-0.05, 0) is 55.5 Å². The van der Waals surface area contributed by atoms with Gasteiger partial charge in [-0.3, -0.25) is 10.6 Å². The number of carbonyl (C=O) groups is 1. The van der Waals surface area contributed by atoms with Crippen LogP contribution in [0.2, 0.25) is 0 Å². The first-order valence-electron chi connectivity index (χ1n) is 7.95. The van der Waals surface area contributed by atoms with E-state index in [0.717, 1.165) is 42.8 Å². The monoisotopic (exact) mass is 304 g/mol. The second-order valence-electron chi connectivity index (χ2n) is 5.24. The first kappa shape index (κ1) is 18.2. The highest BCUT2D eigenvalue weighted by Crippen LogP contribution is 2.31. The highest BCUT2D eigenvalue weighted by molar-refractivity contribution is 5.90. The number of rotatable bonds is 5. The van der Waals surface area contributed by atoms with E-state index in [2.05, 4.69) is 17.7 Å². The first-order valence-corrected chi connectivity index (χ1v) is 7.95. The van der Waals surface area contributed by atoms with Gasteiger partial charge in [0.25, 0.3) is 0 Å². The van der Waals surface area contributed by atoms with Crippen LogP contribution >= 0.6 is 0 Å². The van der Waals surface area contributed by atoms with E-state index in [9.17, 15) is 4.79 Å². The lowest BCUT2D eigenvalue weighted by atomic mass is 9.88. The molecule has 0 saturated heterocycles. The average Bonchev–Trinajstić information content (AvgIpc) is 2.51. The Balaban J connectivity index is 0.000000541. The van der Waals surface area contributed by atoms with Crippen molar-refractivity contribution >= 4 is 17.3 Å². The Labute approximate surface area is 133 Å². The number of anilines is 1. The summed E-state index contributed by atoms with van der Waals surface area (Å²) in [5.74, 6) is 5.60. The third kappa shape index (κ3) is 5.50. The summed E-state index contributed by atoms with van der Waals surface area (Å²) >= 11 is 0. The van der Waals surface area contributed by atoms with Gasteiger partial charge in [-0.2, -0.15) is 0 Å². The van der Waals surface area contributed by atoms with Crippen LogP contribution < -0.4 is 22.3 Å². The minimum Gasteiger partial charge on any atom is -0.330 e. The molecule has 1 aromatic carbocycles. The van der Waals surface area contributed by atoms with Crippen molar-refractivity contribution in [3.05, 3.63) is 35.4 Å². The molecule has 1 amide bonds. The number of nitrogens with one attached hydrogen (secondary N) is 2. The molecule has 2 rings (SSSR count).